The molecule has 1 N–H and O–H groups in total. The molecule has 0 atom stereocenters. The molecule has 0 aliphatic carbocycles. The number of benzene rings is 1. The molecule has 2 rings (SSSR count). The molecule has 0 amide bonds. The van der Waals surface area contributed by atoms with Crippen LogP contribution in [0.3, 0.4) is 0 Å². The largest absolute Gasteiger partial charge is 0.376 e. The maximum atomic E-state index is 7.04. The average molecular weight is 268 g/mol. The zero-order valence-electron chi connectivity index (χ0n) is 7.15. The number of rotatable bonds is 1. The molecular formula is C7H5Cl3N4O. The predicted molar refractivity (Wildman–Crippen MR) is 54.5 cm³/mol. The molecule has 0 saturated carbocycles. The van der Waals surface area contributed by atoms with Gasteiger partial charge in [0.05, 0.1) is 15.3 Å². The maximum Gasteiger partial charge on any atom is 0.244 e. The first kappa shape index (κ1) is 12.0. The Balaban J connectivity index is 0.00000112. The van der Waals surface area contributed by atoms with Gasteiger partial charge >= 0.3 is 0 Å². The van der Waals surface area contributed by atoms with E-state index in [1.54, 1.807) is 18.2 Å². The predicted octanol–water partition coefficient (Wildman–Crippen LogP) is 1.12. The van der Waals surface area contributed by atoms with E-state index in [1.165, 1.54) is 0 Å². The molecular weight excluding hydrogens is 262 g/mol. The summed E-state index contributed by atoms with van der Waals surface area (Å²) in [6, 6.07) is 4.87. The average Bonchev–Trinajstić information content (AvgIpc) is 2.57. The van der Waals surface area contributed by atoms with Crippen molar-refractivity contribution < 1.29 is 9.32 Å². The van der Waals surface area contributed by atoms with Gasteiger partial charge < -0.3 is 9.93 Å². The summed E-state index contributed by atoms with van der Waals surface area (Å²) in [7, 11) is 0. The van der Waals surface area contributed by atoms with E-state index in [0.717, 1.165) is 4.80 Å². The van der Waals surface area contributed by atoms with E-state index in [-0.39, 0.29) is 18.1 Å². The van der Waals surface area contributed by atoms with Gasteiger partial charge in [0.25, 0.3) is 0 Å². The third-order valence-electron chi connectivity index (χ3n) is 1.52. The fourth-order valence-electron chi connectivity index (χ4n) is 0.914. The lowest BCUT2D eigenvalue weighted by atomic mass is 10.3. The van der Waals surface area contributed by atoms with E-state index in [2.05, 4.69) is 14.9 Å². The number of nitrogens with one attached hydrogen (secondary N) is 1. The van der Waals surface area contributed by atoms with Gasteiger partial charge in [0.1, 0.15) is 0 Å². The van der Waals surface area contributed by atoms with Crippen molar-refractivity contribution in [1.29, 1.82) is 5.41 Å². The zero-order valence-corrected chi connectivity index (χ0v) is 9.47. The van der Waals surface area contributed by atoms with Gasteiger partial charge in [-0.25, -0.2) is 0 Å². The molecule has 80 valence electrons. The van der Waals surface area contributed by atoms with Gasteiger partial charge in [-0.05, 0) is 10.9 Å². The quantitative estimate of drug-likeness (QED) is 0.787. The molecule has 0 unspecified atom stereocenters. The van der Waals surface area contributed by atoms with Crippen molar-refractivity contribution in [2.75, 3.05) is 0 Å². The van der Waals surface area contributed by atoms with Crippen molar-refractivity contribution in [3.8, 4) is 5.69 Å². The topological polar surface area (TPSA) is 67.9 Å². The summed E-state index contributed by atoms with van der Waals surface area (Å²) in [5.41, 5.74) is 0.317. The number of hydrogen-bond acceptors (Lipinski definition) is 3. The van der Waals surface area contributed by atoms with Crippen LogP contribution >= 0.6 is 35.6 Å². The fourth-order valence-corrected chi connectivity index (χ4v) is 1.21. The van der Waals surface area contributed by atoms with Gasteiger partial charge in [0, 0.05) is 12.1 Å². The molecule has 0 fully saturated rings. The van der Waals surface area contributed by atoms with Crippen molar-refractivity contribution in [1.82, 2.24) is 10.4 Å². The zero-order chi connectivity index (χ0) is 10.1. The number of hydrogen-bond donors (Lipinski definition) is 1. The van der Waals surface area contributed by atoms with E-state index in [0.29, 0.717) is 15.7 Å². The molecule has 0 radical (unpaired) electrons. The molecule has 0 bridgehead atoms. The van der Waals surface area contributed by atoms with Crippen LogP contribution in [0.4, 0.5) is 0 Å². The van der Waals surface area contributed by atoms with Crippen LogP contribution in [0.2, 0.25) is 10.0 Å². The summed E-state index contributed by atoms with van der Waals surface area (Å²) in [6.07, 6.45) is 0. The van der Waals surface area contributed by atoms with Crippen LogP contribution in [-0.2, 0) is 0 Å². The van der Waals surface area contributed by atoms with E-state index in [9.17, 15) is 0 Å². The summed E-state index contributed by atoms with van der Waals surface area (Å²) in [5.74, 6) is 0. The monoisotopic (exact) mass is 266 g/mol. The molecule has 0 spiro atoms. The SMILES string of the molecule is Cl.N=c1[n-][n+](-c2ccc(Cl)c(Cl)c2)no1. The van der Waals surface area contributed by atoms with Gasteiger partial charge in [-0.3, -0.25) is 0 Å². The maximum absolute atomic E-state index is 7.04. The highest BCUT2D eigenvalue weighted by Crippen LogP contribution is 2.21. The standard InChI is InChI=1S/C7H4Cl2N4O.ClH/c8-5-2-1-4(3-6(5)9)13-11-7(10)14-12-13;/h1-3,10H;1H. The summed E-state index contributed by atoms with van der Waals surface area (Å²) in [4.78, 5) is 1.16. The van der Waals surface area contributed by atoms with Crippen LogP contribution in [0.25, 0.3) is 5.69 Å². The Morgan fingerprint density at radius 2 is 2.07 bits per heavy atom. The second-order valence-corrected chi connectivity index (χ2v) is 3.28. The summed E-state index contributed by atoms with van der Waals surface area (Å²) in [6.45, 7) is 0. The minimum atomic E-state index is -0.268. The summed E-state index contributed by atoms with van der Waals surface area (Å²) < 4.78 is 4.48. The second kappa shape index (κ2) is 4.65. The number of halogens is 3. The highest BCUT2D eigenvalue weighted by molar-refractivity contribution is 6.42. The van der Waals surface area contributed by atoms with E-state index >= 15 is 0 Å². The summed E-state index contributed by atoms with van der Waals surface area (Å²) in [5, 5.41) is 15.0. The Morgan fingerprint density at radius 3 is 2.60 bits per heavy atom. The Morgan fingerprint density at radius 1 is 1.33 bits per heavy atom. The molecule has 1 aromatic heterocycles. The fraction of sp³-hybridized carbons (Fsp3) is 0. The van der Waals surface area contributed by atoms with E-state index in [4.69, 9.17) is 28.6 Å². The van der Waals surface area contributed by atoms with Crippen molar-refractivity contribution in [2.45, 2.75) is 0 Å². The van der Waals surface area contributed by atoms with Crippen molar-refractivity contribution in [3.05, 3.63) is 33.9 Å². The molecule has 8 heteroatoms. The van der Waals surface area contributed by atoms with Gasteiger partial charge in [-0.1, -0.05) is 28.3 Å². The third-order valence-corrected chi connectivity index (χ3v) is 2.26. The Hall–Kier alpha value is -1.04. The van der Waals surface area contributed by atoms with E-state index in [1.807, 2.05) is 0 Å². The highest BCUT2D eigenvalue weighted by atomic mass is 35.5. The molecule has 1 heterocycles. The molecule has 15 heavy (non-hydrogen) atoms. The van der Waals surface area contributed by atoms with Crippen LogP contribution < -0.4 is 15.6 Å². The van der Waals surface area contributed by atoms with E-state index < -0.39 is 0 Å². The highest BCUT2D eigenvalue weighted by Gasteiger charge is 2.09. The Bertz CT molecular complexity index is 521. The van der Waals surface area contributed by atoms with Crippen molar-refractivity contribution in [2.24, 2.45) is 0 Å². The van der Waals surface area contributed by atoms with Crippen LogP contribution in [-0.4, -0.2) is 5.27 Å². The molecule has 5 nitrogen and oxygen atoms in total. The molecule has 0 saturated heterocycles. The van der Waals surface area contributed by atoms with Gasteiger partial charge in [-0.15, -0.1) is 12.4 Å². The van der Waals surface area contributed by atoms with Crippen LogP contribution in [0.1, 0.15) is 0 Å². The smallest absolute Gasteiger partial charge is 0.244 e. The Kier molecular flexibility index (Phi) is 3.73. The lowest BCUT2D eigenvalue weighted by Crippen LogP contribution is -2.39. The second-order valence-electron chi connectivity index (χ2n) is 2.47. The molecule has 0 aliphatic rings. The molecule has 0 aliphatic heterocycles. The first-order chi connectivity index (χ1) is 6.66. The first-order valence-electron chi connectivity index (χ1n) is 3.60. The van der Waals surface area contributed by atoms with Crippen LogP contribution in [0, 0.1) is 5.41 Å². The minimum absolute atomic E-state index is 0. The summed E-state index contributed by atoms with van der Waals surface area (Å²) >= 11 is 11.5. The number of aromatic nitrogens is 3. The first-order valence-corrected chi connectivity index (χ1v) is 4.36. The lowest BCUT2D eigenvalue weighted by molar-refractivity contribution is -0.730. The lowest BCUT2D eigenvalue weighted by Gasteiger charge is -1.93. The Labute approximate surface area is 100 Å². The van der Waals surface area contributed by atoms with Crippen LogP contribution in [0.15, 0.2) is 22.7 Å². The van der Waals surface area contributed by atoms with Gasteiger partial charge in [0.2, 0.25) is 11.4 Å². The molecule has 1 aromatic carbocycles. The van der Waals surface area contributed by atoms with Gasteiger partial charge in [-0.2, -0.15) is 0 Å². The molecule has 2 aromatic rings. The normalized spacial score (nSPS) is 9.73. The minimum Gasteiger partial charge on any atom is -0.376 e. The van der Waals surface area contributed by atoms with Crippen LogP contribution in [0.5, 0.6) is 0 Å². The van der Waals surface area contributed by atoms with Gasteiger partial charge in [0.15, 0.2) is 0 Å². The number of nitrogens with zero attached hydrogens (tertiary/aromatic N) is 3. The van der Waals surface area contributed by atoms with Crippen molar-refractivity contribution >= 4 is 35.6 Å². The third kappa shape index (κ3) is 2.50. The van der Waals surface area contributed by atoms with Crippen molar-refractivity contribution in [3.63, 3.8) is 0 Å².